The molecule has 4 aromatic rings. The number of nitrogens with one attached hydrogen (secondary N) is 1. The van der Waals surface area contributed by atoms with Crippen molar-refractivity contribution in [2.24, 2.45) is 7.05 Å². The molecule has 0 aliphatic rings. The smallest absolute Gasteiger partial charge is 0.328 e. The molecule has 0 saturated carbocycles. The van der Waals surface area contributed by atoms with Crippen molar-refractivity contribution < 1.29 is 9.26 Å². The molecule has 3 aromatic heterocycles. The highest BCUT2D eigenvalue weighted by Gasteiger charge is 2.17. The molecule has 1 N–H and O–H groups in total. The fourth-order valence-electron chi connectivity index (χ4n) is 2.60. The Balaban J connectivity index is 1.90. The van der Waals surface area contributed by atoms with Gasteiger partial charge in [-0.3, -0.25) is 9.78 Å². The van der Waals surface area contributed by atoms with Gasteiger partial charge in [-0.05, 0) is 6.07 Å². The summed E-state index contributed by atoms with van der Waals surface area (Å²) in [5.41, 5.74) is 0.367. The van der Waals surface area contributed by atoms with Crippen molar-refractivity contribution in [1.82, 2.24) is 24.7 Å². The topological polar surface area (TPSA) is 116 Å². The van der Waals surface area contributed by atoms with Crippen molar-refractivity contribution in [1.29, 1.82) is 0 Å². The third-order valence-electron chi connectivity index (χ3n) is 3.91. The Labute approximate surface area is 145 Å². The maximum Gasteiger partial charge on any atom is 0.328 e. The number of aromatic nitrogens is 5. The molecule has 0 saturated heterocycles. The molecule has 26 heavy (non-hydrogen) atoms. The van der Waals surface area contributed by atoms with E-state index in [-0.39, 0.29) is 17.3 Å². The van der Waals surface area contributed by atoms with Gasteiger partial charge in [0.2, 0.25) is 11.7 Å². The van der Waals surface area contributed by atoms with E-state index in [0.717, 1.165) is 5.39 Å². The van der Waals surface area contributed by atoms with Gasteiger partial charge in [-0.1, -0.05) is 23.4 Å². The van der Waals surface area contributed by atoms with Gasteiger partial charge in [0.15, 0.2) is 0 Å². The number of hydrogen-bond acceptors (Lipinski definition) is 7. The standard InChI is InChI=1S/C17H13N5O4/c1-22-8-11(15(23)20-17(22)24)14-19-16(26-21-14)10-7-13(25-2)18-12-6-4-3-5-9(10)12/h3-8H,1-2H3,(H,20,23,24). The summed E-state index contributed by atoms with van der Waals surface area (Å²) in [4.78, 5) is 34.4. The fraction of sp³-hybridized carbons (Fsp3) is 0.118. The average Bonchev–Trinajstić information content (AvgIpc) is 3.13. The Morgan fingerprint density at radius 1 is 1.15 bits per heavy atom. The van der Waals surface area contributed by atoms with E-state index in [1.54, 1.807) is 6.07 Å². The number of H-pyrrole nitrogens is 1. The van der Waals surface area contributed by atoms with Crippen molar-refractivity contribution in [3.8, 4) is 28.7 Å². The van der Waals surface area contributed by atoms with Gasteiger partial charge in [0.25, 0.3) is 11.4 Å². The Morgan fingerprint density at radius 2 is 1.96 bits per heavy atom. The first kappa shape index (κ1) is 15.8. The van der Waals surface area contributed by atoms with Gasteiger partial charge in [0.05, 0.1) is 18.2 Å². The van der Waals surface area contributed by atoms with E-state index in [1.807, 2.05) is 24.3 Å². The largest absolute Gasteiger partial charge is 0.481 e. The molecular formula is C17H13N5O4. The molecule has 0 amide bonds. The van der Waals surface area contributed by atoms with Crippen LogP contribution in [0.25, 0.3) is 33.7 Å². The molecule has 0 unspecified atom stereocenters. The quantitative estimate of drug-likeness (QED) is 0.592. The average molecular weight is 351 g/mol. The number of aryl methyl sites for hydroxylation is 1. The Hall–Kier alpha value is -3.75. The number of pyridine rings is 1. The fourth-order valence-corrected chi connectivity index (χ4v) is 2.60. The minimum atomic E-state index is -0.586. The molecule has 0 bridgehead atoms. The molecule has 0 atom stereocenters. The highest BCUT2D eigenvalue weighted by Crippen LogP contribution is 2.30. The van der Waals surface area contributed by atoms with Crippen LogP contribution in [0.1, 0.15) is 0 Å². The number of hydrogen-bond donors (Lipinski definition) is 1. The number of para-hydroxylation sites is 1. The molecule has 130 valence electrons. The van der Waals surface area contributed by atoms with Crippen molar-refractivity contribution >= 4 is 10.9 Å². The SMILES string of the molecule is COc1cc(-c2nc(-c3cn(C)c(=O)[nH]c3=O)no2)c2ccccc2n1. The second-order valence-electron chi connectivity index (χ2n) is 5.57. The zero-order chi connectivity index (χ0) is 18.3. The molecule has 0 fully saturated rings. The summed E-state index contributed by atoms with van der Waals surface area (Å²) in [5.74, 6) is 0.695. The summed E-state index contributed by atoms with van der Waals surface area (Å²) in [5, 5.41) is 4.68. The number of aromatic amines is 1. The number of ether oxygens (including phenoxy) is 1. The molecule has 4 rings (SSSR count). The second kappa shape index (κ2) is 5.96. The molecule has 0 aliphatic heterocycles. The molecule has 3 heterocycles. The van der Waals surface area contributed by atoms with Gasteiger partial charge in [0.1, 0.15) is 5.56 Å². The van der Waals surface area contributed by atoms with E-state index >= 15 is 0 Å². The minimum absolute atomic E-state index is 0.0803. The Morgan fingerprint density at radius 3 is 2.77 bits per heavy atom. The minimum Gasteiger partial charge on any atom is -0.481 e. The predicted molar refractivity (Wildman–Crippen MR) is 92.9 cm³/mol. The Bertz CT molecular complexity index is 1240. The van der Waals surface area contributed by atoms with Crippen molar-refractivity contribution in [3.05, 3.63) is 57.4 Å². The molecule has 0 spiro atoms. The number of fused-ring (bicyclic) bond motifs is 1. The van der Waals surface area contributed by atoms with Crippen LogP contribution in [-0.4, -0.2) is 31.8 Å². The third kappa shape index (κ3) is 2.55. The first-order valence-electron chi connectivity index (χ1n) is 7.65. The zero-order valence-corrected chi connectivity index (χ0v) is 13.9. The molecule has 0 aliphatic carbocycles. The maximum absolute atomic E-state index is 12.0. The van der Waals surface area contributed by atoms with E-state index in [1.165, 1.54) is 24.9 Å². The van der Waals surface area contributed by atoms with Crippen LogP contribution in [0.5, 0.6) is 5.88 Å². The number of benzene rings is 1. The lowest BCUT2D eigenvalue weighted by Gasteiger charge is -2.05. The van der Waals surface area contributed by atoms with E-state index in [0.29, 0.717) is 17.0 Å². The van der Waals surface area contributed by atoms with Crippen LogP contribution in [0.3, 0.4) is 0 Å². The van der Waals surface area contributed by atoms with Crippen LogP contribution in [0.2, 0.25) is 0 Å². The summed E-state index contributed by atoms with van der Waals surface area (Å²) < 4.78 is 11.8. The second-order valence-corrected chi connectivity index (χ2v) is 5.57. The molecule has 1 aromatic carbocycles. The van der Waals surface area contributed by atoms with Crippen molar-refractivity contribution in [3.63, 3.8) is 0 Å². The zero-order valence-electron chi connectivity index (χ0n) is 13.9. The van der Waals surface area contributed by atoms with Gasteiger partial charge < -0.3 is 13.8 Å². The van der Waals surface area contributed by atoms with Gasteiger partial charge in [-0.15, -0.1) is 0 Å². The summed E-state index contributed by atoms with van der Waals surface area (Å²) in [6.45, 7) is 0. The first-order valence-corrected chi connectivity index (χ1v) is 7.65. The highest BCUT2D eigenvalue weighted by molar-refractivity contribution is 5.93. The number of rotatable bonds is 3. The van der Waals surface area contributed by atoms with E-state index in [9.17, 15) is 9.59 Å². The molecule has 9 nitrogen and oxygen atoms in total. The lowest BCUT2D eigenvalue weighted by molar-refractivity contribution is 0.399. The van der Waals surface area contributed by atoms with Crippen molar-refractivity contribution in [2.45, 2.75) is 0 Å². The van der Waals surface area contributed by atoms with Crippen LogP contribution in [0.4, 0.5) is 0 Å². The molecule has 0 radical (unpaired) electrons. The third-order valence-corrected chi connectivity index (χ3v) is 3.91. The maximum atomic E-state index is 12.0. The summed E-state index contributed by atoms with van der Waals surface area (Å²) in [6.07, 6.45) is 1.36. The van der Waals surface area contributed by atoms with Crippen LogP contribution in [0, 0.1) is 0 Å². The van der Waals surface area contributed by atoms with Crippen LogP contribution in [-0.2, 0) is 7.05 Å². The van der Waals surface area contributed by atoms with Gasteiger partial charge in [0, 0.05) is 24.7 Å². The predicted octanol–water partition coefficient (Wildman–Crippen LogP) is 1.35. The van der Waals surface area contributed by atoms with Crippen LogP contribution < -0.4 is 16.0 Å². The van der Waals surface area contributed by atoms with Crippen molar-refractivity contribution in [2.75, 3.05) is 7.11 Å². The van der Waals surface area contributed by atoms with E-state index in [2.05, 4.69) is 20.1 Å². The van der Waals surface area contributed by atoms with E-state index in [4.69, 9.17) is 9.26 Å². The lowest BCUT2D eigenvalue weighted by Crippen LogP contribution is -2.28. The van der Waals surface area contributed by atoms with Gasteiger partial charge in [-0.25, -0.2) is 9.78 Å². The summed E-state index contributed by atoms with van der Waals surface area (Å²) >= 11 is 0. The molecule has 9 heteroatoms. The highest BCUT2D eigenvalue weighted by atomic mass is 16.5. The van der Waals surface area contributed by atoms with Crippen LogP contribution >= 0.6 is 0 Å². The monoisotopic (exact) mass is 351 g/mol. The summed E-state index contributed by atoms with van der Waals surface area (Å²) in [7, 11) is 3.04. The number of nitrogens with zero attached hydrogens (tertiary/aromatic N) is 4. The summed E-state index contributed by atoms with van der Waals surface area (Å²) in [6, 6.07) is 9.14. The van der Waals surface area contributed by atoms with Crippen LogP contribution in [0.15, 0.2) is 50.6 Å². The van der Waals surface area contributed by atoms with E-state index < -0.39 is 11.2 Å². The number of methoxy groups -OCH3 is 1. The Kier molecular flexibility index (Phi) is 3.61. The van der Waals surface area contributed by atoms with Gasteiger partial charge >= 0.3 is 5.69 Å². The normalized spacial score (nSPS) is 11.0. The molecular weight excluding hydrogens is 338 g/mol. The lowest BCUT2D eigenvalue weighted by atomic mass is 10.1. The first-order chi connectivity index (χ1) is 12.6. The van der Waals surface area contributed by atoms with Gasteiger partial charge in [-0.2, -0.15) is 4.98 Å².